The van der Waals surface area contributed by atoms with E-state index in [4.69, 9.17) is 10.00 Å². The van der Waals surface area contributed by atoms with Gasteiger partial charge in [-0.2, -0.15) is 5.26 Å². The van der Waals surface area contributed by atoms with Crippen molar-refractivity contribution in [2.45, 2.75) is 13.5 Å². The number of nitriles is 1. The van der Waals surface area contributed by atoms with E-state index in [0.717, 1.165) is 5.56 Å². The molecule has 0 radical (unpaired) electrons. The number of nitrogens with one attached hydrogen (secondary N) is 2. The number of nitrogens with zero attached hydrogens (tertiary/aromatic N) is 1. The number of ether oxygens (including phenoxy) is 1. The van der Waals surface area contributed by atoms with E-state index in [0.29, 0.717) is 17.8 Å². The summed E-state index contributed by atoms with van der Waals surface area (Å²) in [5.74, 6) is -0.861. The van der Waals surface area contributed by atoms with Crippen LogP contribution in [0, 0.1) is 11.3 Å². The third kappa shape index (κ3) is 5.49. The van der Waals surface area contributed by atoms with Gasteiger partial charge in [0.2, 0.25) is 0 Å². The molecule has 0 aliphatic rings. The first kappa shape index (κ1) is 18.7. The fourth-order valence-electron chi connectivity index (χ4n) is 2.10. The maximum absolute atomic E-state index is 12.2. The van der Waals surface area contributed by atoms with Crippen LogP contribution in [0.1, 0.15) is 22.8 Å². The second-order valence-electron chi connectivity index (χ2n) is 5.28. The molecule has 2 aromatic carbocycles. The molecule has 132 valence electrons. The van der Waals surface area contributed by atoms with Gasteiger partial charge in [0.15, 0.2) is 5.57 Å². The van der Waals surface area contributed by atoms with Crippen LogP contribution in [-0.2, 0) is 16.1 Å². The lowest BCUT2D eigenvalue weighted by Crippen LogP contribution is -2.22. The lowest BCUT2D eigenvalue weighted by Gasteiger charge is -2.07. The normalized spacial score (nSPS) is 10.5. The van der Waals surface area contributed by atoms with Crippen molar-refractivity contribution in [2.24, 2.45) is 0 Å². The van der Waals surface area contributed by atoms with E-state index in [1.54, 1.807) is 37.3 Å². The summed E-state index contributed by atoms with van der Waals surface area (Å²) < 4.78 is 4.77. The van der Waals surface area contributed by atoms with Gasteiger partial charge in [-0.15, -0.1) is 0 Å². The van der Waals surface area contributed by atoms with E-state index < -0.39 is 5.97 Å². The molecule has 0 saturated carbocycles. The average Bonchev–Trinajstić information content (AvgIpc) is 2.68. The first-order valence-electron chi connectivity index (χ1n) is 8.10. The molecule has 2 N–H and O–H groups in total. The third-order valence-electron chi connectivity index (χ3n) is 3.44. The number of carbonyl (C=O) groups is 2. The molecule has 0 spiro atoms. The number of hydrogen-bond acceptors (Lipinski definition) is 5. The molecule has 1 amide bonds. The molecule has 6 heteroatoms. The van der Waals surface area contributed by atoms with Gasteiger partial charge >= 0.3 is 5.97 Å². The zero-order chi connectivity index (χ0) is 18.8. The predicted molar refractivity (Wildman–Crippen MR) is 98.0 cm³/mol. The molecule has 0 bridgehead atoms. The Labute approximate surface area is 152 Å². The van der Waals surface area contributed by atoms with Crippen LogP contribution in [0.2, 0.25) is 0 Å². The second-order valence-corrected chi connectivity index (χ2v) is 5.28. The second kappa shape index (κ2) is 9.64. The lowest BCUT2D eigenvalue weighted by atomic mass is 10.1. The summed E-state index contributed by atoms with van der Waals surface area (Å²) in [5, 5.41) is 14.6. The number of hydrogen-bond donors (Lipinski definition) is 2. The summed E-state index contributed by atoms with van der Waals surface area (Å²) in [7, 11) is 0. The molecule has 2 aromatic rings. The Hall–Kier alpha value is -3.59. The van der Waals surface area contributed by atoms with Crippen LogP contribution in [0.4, 0.5) is 5.69 Å². The zero-order valence-corrected chi connectivity index (χ0v) is 14.4. The molecule has 0 atom stereocenters. The van der Waals surface area contributed by atoms with Crippen LogP contribution in [0.5, 0.6) is 0 Å². The van der Waals surface area contributed by atoms with Crippen molar-refractivity contribution in [1.82, 2.24) is 5.32 Å². The van der Waals surface area contributed by atoms with Gasteiger partial charge in [-0.1, -0.05) is 30.3 Å². The topological polar surface area (TPSA) is 91.2 Å². The van der Waals surface area contributed by atoms with Crippen LogP contribution in [0.25, 0.3) is 0 Å². The Kier molecular flexibility index (Phi) is 6.95. The highest BCUT2D eigenvalue weighted by molar-refractivity contribution is 5.95. The number of amides is 1. The molecular formula is C20H19N3O3. The van der Waals surface area contributed by atoms with Gasteiger partial charge in [-0.3, -0.25) is 4.79 Å². The molecule has 6 nitrogen and oxygen atoms in total. The highest BCUT2D eigenvalue weighted by Crippen LogP contribution is 2.11. The van der Waals surface area contributed by atoms with Crippen LogP contribution in [-0.4, -0.2) is 18.5 Å². The molecule has 2 rings (SSSR count). The Balaban J connectivity index is 1.94. The molecule has 0 aliphatic heterocycles. The fourth-order valence-corrected chi connectivity index (χ4v) is 2.10. The standard InChI is InChI=1S/C20H19N3O3/c1-2-26-20(25)17(12-21)14-22-18-10-8-16(9-11-18)19(24)23-13-15-6-4-3-5-7-15/h3-11,14,22H,2,13H2,1H3,(H,23,24)/b17-14-. The summed E-state index contributed by atoms with van der Waals surface area (Å²) in [4.78, 5) is 23.7. The molecule has 0 unspecified atom stereocenters. The fraction of sp³-hybridized carbons (Fsp3) is 0.150. The Morgan fingerprint density at radius 2 is 1.81 bits per heavy atom. The van der Waals surface area contributed by atoms with Gasteiger partial charge < -0.3 is 15.4 Å². The maximum Gasteiger partial charge on any atom is 0.350 e. The van der Waals surface area contributed by atoms with Gasteiger partial charge in [0.25, 0.3) is 5.91 Å². The first-order valence-corrected chi connectivity index (χ1v) is 8.10. The van der Waals surface area contributed by atoms with Crippen molar-refractivity contribution in [3.05, 3.63) is 77.5 Å². The van der Waals surface area contributed by atoms with E-state index in [1.165, 1.54) is 6.20 Å². The zero-order valence-electron chi connectivity index (χ0n) is 14.4. The summed E-state index contributed by atoms with van der Waals surface area (Å²) in [5.41, 5.74) is 2.05. The number of benzene rings is 2. The summed E-state index contributed by atoms with van der Waals surface area (Å²) in [6.07, 6.45) is 1.28. The lowest BCUT2D eigenvalue weighted by molar-refractivity contribution is -0.138. The molecular weight excluding hydrogens is 330 g/mol. The van der Waals surface area contributed by atoms with Crippen molar-refractivity contribution in [1.29, 1.82) is 5.26 Å². The molecule has 0 heterocycles. The smallest absolute Gasteiger partial charge is 0.350 e. The highest BCUT2D eigenvalue weighted by Gasteiger charge is 2.09. The molecule has 26 heavy (non-hydrogen) atoms. The van der Waals surface area contributed by atoms with Crippen molar-refractivity contribution in [3.63, 3.8) is 0 Å². The maximum atomic E-state index is 12.2. The molecule has 0 aromatic heterocycles. The molecule has 0 aliphatic carbocycles. The van der Waals surface area contributed by atoms with Crippen LogP contribution >= 0.6 is 0 Å². The number of rotatable bonds is 7. The average molecular weight is 349 g/mol. The number of carbonyl (C=O) groups excluding carboxylic acids is 2. The summed E-state index contributed by atoms with van der Waals surface area (Å²) in [6.45, 7) is 2.32. The quantitative estimate of drug-likeness (QED) is 0.455. The Morgan fingerprint density at radius 1 is 1.12 bits per heavy atom. The van der Waals surface area contributed by atoms with Crippen LogP contribution in [0.15, 0.2) is 66.4 Å². The highest BCUT2D eigenvalue weighted by atomic mass is 16.5. The minimum atomic E-state index is -0.681. The van der Waals surface area contributed by atoms with Crippen molar-refractivity contribution >= 4 is 17.6 Å². The van der Waals surface area contributed by atoms with Crippen molar-refractivity contribution < 1.29 is 14.3 Å². The Bertz CT molecular complexity index is 822. The Morgan fingerprint density at radius 3 is 2.42 bits per heavy atom. The van der Waals surface area contributed by atoms with Crippen LogP contribution < -0.4 is 10.6 Å². The van der Waals surface area contributed by atoms with E-state index in [2.05, 4.69) is 10.6 Å². The predicted octanol–water partition coefficient (Wildman–Crippen LogP) is 3.00. The minimum absolute atomic E-state index is 0.128. The number of esters is 1. The van der Waals surface area contributed by atoms with E-state index >= 15 is 0 Å². The summed E-state index contributed by atoms with van der Waals surface area (Å²) >= 11 is 0. The number of anilines is 1. The first-order chi connectivity index (χ1) is 12.6. The summed E-state index contributed by atoms with van der Waals surface area (Å²) in [6, 6.07) is 18.1. The van der Waals surface area contributed by atoms with Crippen molar-refractivity contribution in [3.8, 4) is 6.07 Å². The van der Waals surface area contributed by atoms with Gasteiger partial charge in [-0.25, -0.2) is 4.79 Å². The molecule has 0 saturated heterocycles. The largest absolute Gasteiger partial charge is 0.462 e. The SMILES string of the molecule is CCOC(=O)/C(C#N)=C\Nc1ccc(C(=O)NCc2ccccc2)cc1. The minimum Gasteiger partial charge on any atom is -0.462 e. The monoisotopic (exact) mass is 349 g/mol. The van der Waals surface area contributed by atoms with Gasteiger partial charge in [0.1, 0.15) is 6.07 Å². The van der Waals surface area contributed by atoms with E-state index in [-0.39, 0.29) is 18.1 Å². The van der Waals surface area contributed by atoms with Gasteiger partial charge in [0.05, 0.1) is 6.61 Å². The van der Waals surface area contributed by atoms with Gasteiger partial charge in [-0.05, 0) is 36.8 Å². The molecule has 0 fully saturated rings. The van der Waals surface area contributed by atoms with Crippen molar-refractivity contribution in [2.75, 3.05) is 11.9 Å². The van der Waals surface area contributed by atoms with Gasteiger partial charge in [0, 0.05) is 24.0 Å². The van der Waals surface area contributed by atoms with E-state index in [1.807, 2.05) is 30.3 Å². The van der Waals surface area contributed by atoms with E-state index in [9.17, 15) is 9.59 Å². The third-order valence-corrected chi connectivity index (χ3v) is 3.44. The van der Waals surface area contributed by atoms with Crippen LogP contribution in [0.3, 0.4) is 0 Å².